The second-order valence-corrected chi connectivity index (χ2v) is 8.87. The van der Waals surface area contributed by atoms with E-state index in [-0.39, 0.29) is 17.7 Å². The summed E-state index contributed by atoms with van der Waals surface area (Å²) in [6.45, 7) is 9.47. The molecule has 33 heavy (non-hydrogen) atoms. The lowest BCUT2D eigenvalue weighted by molar-refractivity contribution is 0.0740. The highest BCUT2D eigenvalue weighted by Gasteiger charge is 2.42. The lowest BCUT2D eigenvalue weighted by Gasteiger charge is -2.27. The number of carbonyl (C=O) groups excluding carboxylic acids is 1. The lowest BCUT2D eigenvalue weighted by Crippen LogP contribution is -2.30. The number of rotatable bonds is 9. The van der Waals surface area contributed by atoms with Gasteiger partial charge in [-0.2, -0.15) is 5.10 Å². The number of aromatic nitrogens is 2. The van der Waals surface area contributed by atoms with Gasteiger partial charge in [-0.05, 0) is 61.6 Å². The zero-order valence-electron chi connectivity index (χ0n) is 19.9. The molecular formula is C27H33N3O3. The number of aromatic amines is 1. The van der Waals surface area contributed by atoms with Crippen LogP contribution < -0.4 is 4.74 Å². The van der Waals surface area contributed by atoms with Gasteiger partial charge >= 0.3 is 0 Å². The molecule has 0 fully saturated rings. The Kier molecular flexibility index (Phi) is 6.72. The highest BCUT2D eigenvalue weighted by Crippen LogP contribution is 2.46. The van der Waals surface area contributed by atoms with Crippen molar-refractivity contribution in [2.45, 2.75) is 59.4 Å². The molecule has 1 aromatic heterocycles. The topological polar surface area (TPSA) is 78.5 Å². The number of H-pyrrole nitrogens is 1. The Morgan fingerprint density at radius 1 is 1.12 bits per heavy atom. The molecule has 2 N–H and O–H groups in total. The number of amides is 1. The van der Waals surface area contributed by atoms with Crippen LogP contribution in [0, 0.1) is 13.8 Å². The van der Waals surface area contributed by atoms with E-state index in [2.05, 4.69) is 24.0 Å². The Hall–Kier alpha value is -3.28. The van der Waals surface area contributed by atoms with Crippen molar-refractivity contribution in [1.82, 2.24) is 15.1 Å². The predicted molar refractivity (Wildman–Crippen MR) is 130 cm³/mol. The Morgan fingerprint density at radius 3 is 2.67 bits per heavy atom. The van der Waals surface area contributed by atoms with Crippen molar-refractivity contribution in [3.63, 3.8) is 0 Å². The van der Waals surface area contributed by atoms with Crippen molar-refractivity contribution < 1.29 is 14.6 Å². The van der Waals surface area contributed by atoms with E-state index >= 15 is 0 Å². The van der Waals surface area contributed by atoms with E-state index in [4.69, 9.17) is 4.74 Å². The monoisotopic (exact) mass is 447 g/mol. The normalized spacial score (nSPS) is 15.2. The molecule has 0 saturated heterocycles. The molecule has 0 aliphatic carbocycles. The zero-order chi connectivity index (χ0) is 23.5. The molecule has 3 aromatic rings. The number of benzene rings is 2. The summed E-state index contributed by atoms with van der Waals surface area (Å²) in [5, 5.41) is 18.3. The molecule has 0 spiro atoms. The fraction of sp³-hybridized carbons (Fsp3) is 0.407. The molecule has 2 heterocycles. The first-order chi connectivity index (χ1) is 16.0. The average Bonchev–Trinajstić information content (AvgIpc) is 3.31. The summed E-state index contributed by atoms with van der Waals surface area (Å²) in [6, 6.07) is 11.5. The fourth-order valence-electron chi connectivity index (χ4n) is 4.74. The van der Waals surface area contributed by atoms with E-state index in [9.17, 15) is 9.90 Å². The Labute approximate surface area is 195 Å². The molecule has 1 atom stereocenters. The minimum atomic E-state index is -0.289. The summed E-state index contributed by atoms with van der Waals surface area (Å²) < 4.78 is 5.88. The molecule has 2 aromatic carbocycles. The van der Waals surface area contributed by atoms with Gasteiger partial charge in [0, 0.05) is 17.7 Å². The second kappa shape index (κ2) is 9.69. The summed E-state index contributed by atoms with van der Waals surface area (Å²) in [5.41, 5.74) is 5.53. The number of nitrogens with zero attached hydrogens (tertiary/aromatic N) is 2. The van der Waals surface area contributed by atoms with Gasteiger partial charge in [0.2, 0.25) is 0 Å². The first kappa shape index (κ1) is 22.9. The van der Waals surface area contributed by atoms with E-state index in [1.807, 2.05) is 49.1 Å². The Morgan fingerprint density at radius 2 is 1.94 bits per heavy atom. The first-order valence-corrected chi connectivity index (χ1v) is 11.9. The number of unbranched alkanes of at least 4 members (excludes halogenated alkanes) is 2. The minimum absolute atomic E-state index is 0.0472. The van der Waals surface area contributed by atoms with Crippen LogP contribution in [0.2, 0.25) is 0 Å². The largest absolute Gasteiger partial charge is 0.507 e. The maximum absolute atomic E-state index is 13.5. The predicted octanol–water partition coefficient (Wildman–Crippen LogP) is 5.92. The number of hydrogen-bond donors (Lipinski definition) is 2. The number of phenolic OH excluding ortho intramolecular Hbond substituents is 1. The third kappa shape index (κ3) is 4.34. The van der Waals surface area contributed by atoms with Crippen molar-refractivity contribution in [3.05, 3.63) is 64.3 Å². The summed E-state index contributed by atoms with van der Waals surface area (Å²) in [4.78, 5) is 15.4. The van der Waals surface area contributed by atoms with Crippen LogP contribution in [0.3, 0.4) is 0 Å². The van der Waals surface area contributed by atoms with Crippen LogP contribution in [0.25, 0.3) is 11.3 Å². The molecule has 174 valence electrons. The van der Waals surface area contributed by atoms with Crippen molar-refractivity contribution in [2.24, 2.45) is 0 Å². The van der Waals surface area contributed by atoms with Gasteiger partial charge in [-0.1, -0.05) is 44.9 Å². The van der Waals surface area contributed by atoms with Crippen LogP contribution in [-0.2, 0) is 0 Å². The van der Waals surface area contributed by atoms with Crippen molar-refractivity contribution in [2.75, 3.05) is 13.2 Å². The van der Waals surface area contributed by atoms with Crippen molar-refractivity contribution >= 4 is 5.91 Å². The maximum atomic E-state index is 13.5. The van der Waals surface area contributed by atoms with Crippen molar-refractivity contribution in [3.8, 4) is 22.8 Å². The number of aryl methyl sites for hydroxylation is 2. The Bertz CT molecular complexity index is 1130. The van der Waals surface area contributed by atoms with Crippen LogP contribution in [0.15, 0.2) is 36.4 Å². The number of hydrogen-bond acceptors (Lipinski definition) is 4. The van der Waals surface area contributed by atoms with Crippen LogP contribution in [0.4, 0.5) is 0 Å². The third-order valence-corrected chi connectivity index (χ3v) is 6.21. The molecule has 1 unspecified atom stereocenters. The number of fused-ring (bicyclic) bond motifs is 1. The zero-order valence-corrected chi connectivity index (χ0v) is 19.9. The molecule has 1 amide bonds. The third-order valence-electron chi connectivity index (χ3n) is 6.21. The number of phenols is 1. The molecule has 1 aliphatic rings. The summed E-state index contributed by atoms with van der Waals surface area (Å²) in [5.74, 6) is 0.926. The standard InChI is InChI=1S/C27H33N3O3/c1-5-7-8-12-30-26(19-10-9-11-20(16-19)33-13-6-2)23-24(28-29-25(23)27(30)32)22-18(4)14-17(3)15-21(22)31/h9-11,14-16,26,31H,5-8,12-13H2,1-4H3,(H,28,29). The van der Waals surface area contributed by atoms with Gasteiger partial charge in [-0.15, -0.1) is 0 Å². The van der Waals surface area contributed by atoms with Crippen molar-refractivity contribution in [1.29, 1.82) is 0 Å². The van der Waals surface area contributed by atoms with Crippen LogP contribution in [0.5, 0.6) is 11.5 Å². The fourth-order valence-corrected chi connectivity index (χ4v) is 4.74. The van der Waals surface area contributed by atoms with Gasteiger partial charge in [0.1, 0.15) is 22.9 Å². The Balaban J connectivity index is 1.84. The van der Waals surface area contributed by atoms with Gasteiger partial charge in [0.25, 0.3) is 5.91 Å². The van der Waals surface area contributed by atoms with E-state index in [0.29, 0.717) is 30.1 Å². The van der Waals surface area contributed by atoms with Gasteiger partial charge in [0.15, 0.2) is 0 Å². The average molecular weight is 448 g/mol. The number of aromatic hydroxyl groups is 1. The van der Waals surface area contributed by atoms with E-state index in [0.717, 1.165) is 53.7 Å². The molecule has 0 bridgehead atoms. The van der Waals surface area contributed by atoms with Gasteiger partial charge in [0.05, 0.1) is 12.6 Å². The summed E-state index contributed by atoms with van der Waals surface area (Å²) in [6.07, 6.45) is 4.01. The molecule has 0 radical (unpaired) electrons. The summed E-state index contributed by atoms with van der Waals surface area (Å²) in [7, 11) is 0. The van der Waals surface area contributed by atoms with Crippen LogP contribution in [-0.4, -0.2) is 39.3 Å². The number of ether oxygens (including phenoxy) is 1. The van der Waals surface area contributed by atoms with Gasteiger partial charge < -0.3 is 14.7 Å². The highest BCUT2D eigenvalue weighted by atomic mass is 16.5. The first-order valence-electron chi connectivity index (χ1n) is 11.9. The van der Waals surface area contributed by atoms with E-state index < -0.39 is 0 Å². The maximum Gasteiger partial charge on any atom is 0.273 e. The van der Waals surface area contributed by atoms with E-state index in [1.165, 1.54) is 0 Å². The molecular weight excluding hydrogens is 414 g/mol. The SMILES string of the molecule is CCCCCN1C(=O)c2[nH]nc(-c3c(C)cc(C)cc3O)c2C1c1cccc(OCCC)c1. The van der Waals surface area contributed by atoms with Gasteiger partial charge in [-0.3, -0.25) is 9.89 Å². The molecule has 6 nitrogen and oxygen atoms in total. The number of nitrogens with one attached hydrogen (secondary N) is 1. The van der Waals surface area contributed by atoms with Crippen LogP contribution >= 0.6 is 0 Å². The highest BCUT2D eigenvalue weighted by molar-refractivity contribution is 6.00. The minimum Gasteiger partial charge on any atom is -0.507 e. The molecule has 0 saturated carbocycles. The van der Waals surface area contributed by atoms with E-state index in [1.54, 1.807) is 6.07 Å². The smallest absolute Gasteiger partial charge is 0.273 e. The van der Waals surface area contributed by atoms with Crippen LogP contribution in [0.1, 0.15) is 78.3 Å². The quantitative estimate of drug-likeness (QED) is 0.399. The molecule has 4 rings (SSSR count). The summed E-state index contributed by atoms with van der Waals surface area (Å²) >= 11 is 0. The number of carbonyl (C=O) groups is 1. The molecule has 1 aliphatic heterocycles. The van der Waals surface area contributed by atoms with Gasteiger partial charge in [-0.25, -0.2) is 0 Å². The molecule has 6 heteroatoms. The lowest BCUT2D eigenvalue weighted by atomic mass is 9.93. The second-order valence-electron chi connectivity index (χ2n) is 8.87.